The summed E-state index contributed by atoms with van der Waals surface area (Å²) < 4.78 is 31.5. The molecule has 1 amide bonds. The molecular formula is C13H14ClN3O4S. The van der Waals surface area contributed by atoms with Crippen molar-refractivity contribution < 1.29 is 17.9 Å². The van der Waals surface area contributed by atoms with Gasteiger partial charge in [0.05, 0.1) is 28.8 Å². The summed E-state index contributed by atoms with van der Waals surface area (Å²) in [7, 11) is -3.67. The van der Waals surface area contributed by atoms with E-state index in [0.717, 1.165) is 0 Å². The van der Waals surface area contributed by atoms with Gasteiger partial charge in [0.1, 0.15) is 0 Å². The van der Waals surface area contributed by atoms with Crippen LogP contribution >= 0.6 is 11.6 Å². The van der Waals surface area contributed by atoms with Crippen LogP contribution in [0.4, 0.5) is 5.69 Å². The van der Waals surface area contributed by atoms with Gasteiger partial charge in [-0.1, -0.05) is 11.6 Å². The van der Waals surface area contributed by atoms with Gasteiger partial charge in [0, 0.05) is 13.1 Å². The monoisotopic (exact) mass is 343 g/mol. The molecule has 1 aromatic carbocycles. The number of halogens is 1. The van der Waals surface area contributed by atoms with Crippen molar-refractivity contribution in [3.8, 4) is 0 Å². The van der Waals surface area contributed by atoms with Gasteiger partial charge in [-0.15, -0.1) is 0 Å². The first-order valence-electron chi connectivity index (χ1n) is 6.45. The van der Waals surface area contributed by atoms with Crippen LogP contribution in [0.25, 0.3) is 4.85 Å². The molecular weight excluding hydrogens is 330 g/mol. The lowest BCUT2D eigenvalue weighted by Gasteiger charge is -2.26. The Morgan fingerprint density at radius 1 is 1.41 bits per heavy atom. The molecule has 1 heterocycles. The topological polar surface area (TPSA) is 80.1 Å². The Hall–Kier alpha value is -1.66. The molecule has 0 radical (unpaired) electrons. The Labute approximate surface area is 133 Å². The number of nitrogens with zero attached hydrogens (tertiary/aromatic N) is 2. The number of hydrogen-bond donors (Lipinski definition) is 1. The molecule has 0 spiro atoms. The van der Waals surface area contributed by atoms with E-state index in [-0.39, 0.29) is 35.2 Å². The van der Waals surface area contributed by atoms with Crippen LogP contribution in [0.2, 0.25) is 5.02 Å². The zero-order valence-electron chi connectivity index (χ0n) is 11.6. The van der Waals surface area contributed by atoms with Gasteiger partial charge in [0.15, 0.2) is 0 Å². The normalized spacial score (nSPS) is 16.0. The van der Waals surface area contributed by atoms with E-state index >= 15 is 0 Å². The van der Waals surface area contributed by atoms with Crippen LogP contribution in [0.1, 0.15) is 0 Å². The highest BCUT2D eigenvalue weighted by Gasteiger charge is 2.27. The predicted octanol–water partition coefficient (Wildman–Crippen LogP) is 1.22. The molecule has 1 saturated heterocycles. The minimum absolute atomic E-state index is 0.0388. The Balaban J connectivity index is 2.28. The maximum atomic E-state index is 12.5. The van der Waals surface area contributed by atoms with Crippen molar-refractivity contribution in [1.29, 1.82) is 0 Å². The zero-order chi connectivity index (χ0) is 16.2. The molecule has 22 heavy (non-hydrogen) atoms. The van der Waals surface area contributed by atoms with Gasteiger partial charge in [-0.25, -0.2) is 15.0 Å². The van der Waals surface area contributed by atoms with Crippen LogP contribution in [0, 0.1) is 6.57 Å². The van der Waals surface area contributed by atoms with Crippen molar-refractivity contribution in [2.24, 2.45) is 0 Å². The average Bonchev–Trinajstić information content (AvgIpc) is 2.50. The SMILES string of the molecule is [C-]#[N+]CC(=O)Nc1cc(S(=O)(=O)N2CCOCC2)ccc1Cl. The molecule has 0 aliphatic carbocycles. The fourth-order valence-corrected chi connectivity index (χ4v) is 3.56. The van der Waals surface area contributed by atoms with Crippen molar-refractivity contribution in [3.05, 3.63) is 34.6 Å². The molecule has 118 valence electrons. The number of ether oxygens (including phenoxy) is 1. The van der Waals surface area contributed by atoms with Gasteiger partial charge in [0.25, 0.3) is 6.54 Å². The smallest absolute Gasteiger partial charge is 0.304 e. The van der Waals surface area contributed by atoms with Gasteiger partial charge >= 0.3 is 5.91 Å². The van der Waals surface area contributed by atoms with E-state index in [1.807, 2.05) is 0 Å². The van der Waals surface area contributed by atoms with E-state index in [1.165, 1.54) is 22.5 Å². The molecule has 2 rings (SSSR count). The number of benzene rings is 1. The summed E-state index contributed by atoms with van der Waals surface area (Å²) in [6, 6.07) is 4.09. The van der Waals surface area contributed by atoms with Gasteiger partial charge < -0.3 is 14.9 Å². The maximum absolute atomic E-state index is 12.5. The number of amides is 1. The first-order valence-corrected chi connectivity index (χ1v) is 8.27. The lowest BCUT2D eigenvalue weighted by atomic mass is 10.3. The quantitative estimate of drug-likeness (QED) is 0.834. The summed E-state index contributed by atoms with van der Waals surface area (Å²) in [6.07, 6.45) is 0. The van der Waals surface area contributed by atoms with E-state index in [1.54, 1.807) is 0 Å². The molecule has 1 aliphatic heterocycles. The number of sulfonamides is 1. The number of nitrogens with one attached hydrogen (secondary N) is 1. The summed E-state index contributed by atoms with van der Waals surface area (Å²) in [6.45, 7) is 7.56. The van der Waals surface area contributed by atoms with Gasteiger partial charge in [-0.05, 0) is 18.2 Å². The Bertz CT molecular complexity index is 708. The highest BCUT2D eigenvalue weighted by Crippen LogP contribution is 2.27. The number of anilines is 1. The van der Waals surface area contributed by atoms with E-state index < -0.39 is 15.9 Å². The number of rotatable bonds is 4. The van der Waals surface area contributed by atoms with Crippen LogP contribution in [-0.2, 0) is 19.6 Å². The number of carbonyl (C=O) groups excluding carboxylic acids is 1. The minimum Gasteiger partial charge on any atom is -0.379 e. The molecule has 0 unspecified atom stereocenters. The number of morpholine rings is 1. The van der Waals surface area contributed by atoms with E-state index in [0.29, 0.717) is 13.2 Å². The molecule has 1 fully saturated rings. The highest BCUT2D eigenvalue weighted by atomic mass is 35.5. The highest BCUT2D eigenvalue weighted by molar-refractivity contribution is 7.89. The van der Waals surface area contributed by atoms with Crippen LogP contribution in [0.3, 0.4) is 0 Å². The molecule has 1 aromatic rings. The first-order chi connectivity index (χ1) is 10.4. The molecule has 0 saturated carbocycles. The van der Waals surface area contributed by atoms with Crippen LogP contribution in [0.5, 0.6) is 0 Å². The second-order valence-electron chi connectivity index (χ2n) is 4.52. The fourth-order valence-electron chi connectivity index (χ4n) is 1.96. The third-order valence-electron chi connectivity index (χ3n) is 3.04. The van der Waals surface area contributed by atoms with Crippen molar-refractivity contribution in [1.82, 2.24) is 4.31 Å². The number of carbonyl (C=O) groups is 1. The van der Waals surface area contributed by atoms with E-state index in [4.69, 9.17) is 22.9 Å². The fraction of sp³-hybridized carbons (Fsp3) is 0.385. The lowest BCUT2D eigenvalue weighted by molar-refractivity contribution is -0.114. The lowest BCUT2D eigenvalue weighted by Crippen LogP contribution is -2.40. The molecule has 7 nitrogen and oxygen atoms in total. The van der Waals surface area contributed by atoms with Crippen molar-refractivity contribution in [3.63, 3.8) is 0 Å². The average molecular weight is 344 g/mol. The van der Waals surface area contributed by atoms with Crippen LogP contribution < -0.4 is 5.32 Å². The Kier molecular flexibility index (Phi) is 5.37. The zero-order valence-corrected chi connectivity index (χ0v) is 13.2. The molecule has 0 bridgehead atoms. The van der Waals surface area contributed by atoms with Crippen molar-refractivity contribution in [2.75, 3.05) is 38.2 Å². The predicted molar refractivity (Wildman–Crippen MR) is 81.1 cm³/mol. The number of hydrogen-bond acceptors (Lipinski definition) is 4. The minimum atomic E-state index is -3.67. The summed E-state index contributed by atoms with van der Waals surface area (Å²) in [5.41, 5.74) is 0.171. The summed E-state index contributed by atoms with van der Waals surface area (Å²) in [4.78, 5) is 14.5. The molecule has 9 heteroatoms. The molecule has 1 N–H and O–H groups in total. The summed E-state index contributed by atoms with van der Waals surface area (Å²) in [5.74, 6) is -0.544. The second-order valence-corrected chi connectivity index (χ2v) is 6.87. The first kappa shape index (κ1) is 16.7. The standard InChI is InChI=1S/C13H14ClN3O4S/c1-15-9-13(18)16-12-8-10(2-3-11(12)14)22(19,20)17-4-6-21-7-5-17/h2-3,8H,4-7,9H2,(H,16,18). The summed E-state index contributed by atoms with van der Waals surface area (Å²) >= 11 is 5.96. The van der Waals surface area contributed by atoms with Gasteiger partial charge in [-0.2, -0.15) is 4.31 Å². The largest absolute Gasteiger partial charge is 0.379 e. The molecule has 0 atom stereocenters. The van der Waals surface area contributed by atoms with Gasteiger partial charge in [0.2, 0.25) is 10.0 Å². The molecule has 1 aliphatic rings. The third-order valence-corrected chi connectivity index (χ3v) is 5.27. The van der Waals surface area contributed by atoms with E-state index in [2.05, 4.69) is 10.2 Å². The van der Waals surface area contributed by atoms with Gasteiger partial charge in [-0.3, -0.25) is 4.79 Å². The Morgan fingerprint density at radius 3 is 2.73 bits per heavy atom. The maximum Gasteiger partial charge on any atom is 0.304 e. The second kappa shape index (κ2) is 7.07. The van der Waals surface area contributed by atoms with E-state index in [9.17, 15) is 13.2 Å². The van der Waals surface area contributed by atoms with Crippen LogP contribution in [-0.4, -0.2) is 51.5 Å². The third kappa shape index (κ3) is 3.75. The van der Waals surface area contributed by atoms with Crippen LogP contribution in [0.15, 0.2) is 23.1 Å². The summed E-state index contributed by atoms with van der Waals surface area (Å²) in [5, 5.41) is 2.64. The van der Waals surface area contributed by atoms with Crippen molar-refractivity contribution in [2.45, 2.75) is 4.90 Å². The van der Waals surface area contributed by atoms with Crippen molar-refractivity contribution >= 4 is 33.2 Å². The Morgan fingerprint density at radius 2 is 2.09 bits per heavy atom. The molecule has 0 aromatic heterocycles.